The number of aromatic carboxylic acids is 1. The lowest BCUT2D eigenvalue weighted by Crippen LogP contribution is -2.38. The van der Waals surface area contributed by atoms with Gasteiger partial charge in [-0.15, -0.1) is 0 Å². The summed E-state index contributed by atoms with van der Waals surface area (Å²) in [5.74, 6) is -4.79. The zero-order valence-corrected chi connectivity index (χ0v) is 19.4. The molecular formula is C21H10Cl2N4O10. The van der Waals surface area contributed by atoms with Crippen LogP contribution in [0.5, 0.6) is 0 Å². The Morgan fingerprint density at radius 1 is 0.757 bits per heavy atom. The van der Waals surface area contributed by atoms with Crippen LogP contribution >= 0.6 is 23.2 Å². The summed E-state index contributed by atoms with van der Waals surface area (Å²) in [7, 11) is 0. The van der Waals surface area contributed by atoms with Crippen LogP contribution in [0.3, 0.4) is 0 Å². The topological polar surface area (TPSA) is 204 Å². The van der Waals surface area contributed by atoms with Crippen molar-refractivity contribution < 1.29 is 34.3 Å². The van der Waals surface area contributed by atoms with E-state index < -0.39 is 72.0 Å². The highest BCUT2D eigenvalue weighted by Gasteiger charge is 2.38. The maximum absolute atomic E-state index is 13.7. The standard InChI is InChI=1S/C21H10Cl2N4O10/c22-10-4-7-15(14(23)8-10)24(19(28)12-6-5-11(25(32)33)9-17(12)27(36)37)20(29)18-13(21(30)31)2-1-3-16(18)26(34)35/h1-9H,(H,30,31). The average molecular weight is 549 g/mol. The molecule has 0 heterocycles. The van der Waals surface area contributed by atoms with Crippen LogP contribution in [-0.4, -0.2) is 37.7 Å². The van der Waals surface area contributed by atoms with Crippen molar-refractivity contribution in [1.29, 1.82) is 0 Å². The number of imide groups is 1. The fourth-order valence-corrected chi connectivity index (χ4v) is 3.76. The molecule has 0 atom stereocenters. The van der Waals surface area contributed by atoms with Gasteiger partial charge in [-0.25, -0.2) is 9.69 Å². The number of carbonyl (C=O) groups is 3. The lowest BCUT2D eigenvalue weighted by atomic mass is 10.0. The molecule has 0 aliphatic heterocycles. The van der Waals surface area contributed by atoms with Crippen LogP contribution in [0.15, 0.2) is 54.6 Å². The van der Waals surface area contributed by atoms with Crippen LogP contribution in [0.1, 0.15) is 31.1 Å². The predicted molar refractivity (Wildman–Crippen MR) is 127 cm³/mol. The minimum atomic E-state index is -1.75. The van der Waals surface area contributed by atoms with E-state index in [1.165, 1.54) is 6.07 Å². The number of hydrogen-bond acceptors (Lipinski definition) is 9. The quantitative estimate of drug-likeness (QED) is 0.240. The molecule has 0 fully saturated rings. The molecule has 0 saturated heterocycles. The summed E-state index contributed by atoms with van der Waals surface area (Å²) in [6.45, 7) is 0. The van der Waals surface area contributed by atoms with E-state index in [0.717, 1.165) is 36.4 Å². The summed E-state index contributed by atoms with van der Waals surface area (Å²) < 4.78 is 0. The van der Waals surface area contributed by atoms with Gasteiger partial charge >= 0.3 is 5.97 Å². The molecule has 14 nitrogen and oxygen atoms in total. The Hall–Kier alpha value is -4.95. The van der Waals surface area contributed by atoms with Crippen molar-refractivity contribution in [2.45, 2.75) is 0 Å². The number of non-ortho nitro benzene ring substituents is 1. The molecule has 3 aromatic carbocycles. The molecule has 0 aliphatic rings. The highest BCUT2D eigenvalue weighted by molar-refractivity contribution is 6.39. The van der Waals surface area contributed by atoms with Crippen LogP contribution in [-0.2, 0) is 0 Å². The van der Waals surface area contributed by atoms with Crippen molar-refractivity contribution in [1.82, 2.24) is 0 Å². The monoisotopic (exact) mass is 548 g/mol. The molecule has 2 amide bonds. The number of nitro benzene ring substituents is 3. The van der Waals surface area contributed by atoms with E-state index in [1.807, 2.05) is 0 Å². The second kappa shape index (κ2) is 10.3. The van der Waals surface area contributed by atoms with Crippen molar-refractivity contribution >= 4 is 63.7 Å². The average Bonchev–Trinajstić information content (AvgIpc) is 2.84. The number of rotatable bonds is 7. The largest absolute Gasteiger partial charge is 0.478 e. The van der Waals surface area contributed by atoms with E-state index in [2.05, 4.69) is 0 Å². The molecule has 188 valence electrons. The van der Waals surface area contributed by atoms with Gasteiger partial charge in [0.1, 0.15) is 11.1 Å². The second-order valence-electron chi connectivity index (χ2n) is 7.02. The van der Waals surface area contributed by atoms with Gasteiger partial charge in [-0.1, -0.05) is 29.3 Å². The maximum Gasteiger partial charge on any atom is 0.336 e. The first-order valence-corrected chi connectivity index (χ1v) is 10.4. The SMILES string of the molecule is O=C(O)c1cccc([N+](=O)[O-])c1C(=O)N(C(=O)c1ccc([N+](=O)[O-])cc1[N+](=O)[O-])c1ccc(Cl)cc1Cl. The van der Waals surface area contributed by atoms with E-state index >= 15 is 0 Å². The number of hydrogen-bond donors (Lipinski definition) is 1. The number of carboxylic acids is 1. The molecule has 0 spiro atoms. The first-order valence-electron chi connectivity index (χ1n) is 9.62. The number of halogens is 2. The van der Waals surface area contributed by atoms with Gasteiger partial charge in [0.05, 0.1) is 37.1 Å². The molecule has 3 rings (SSSR count). The van der Waals surface area contributed by atoms with Crippen LogP contribution in [0, 0.1) is 30.3 Å². The fraction of sp³-hybridized carbons (Fsp3) is 0. The zero-order chi connectivity index (χ0) is 27.6. The van der Waals surface area contributed by atoms with Crippen molar-refractivity contribution in [2.75, 3.05) is 4.90 Å². The number of carbonyl (C=O) groups excluding carboxylic acids is 2. The zero-order valence-electron chi connectivity index (χ0n) is 17.9. The molecule has 1 N–H and O–H groups in total. The summed E-state index contributed by atoms with van der Waals surface area (Å²) in [5.41, 5.74) is -5.94. The highest BCUT2D eigenvalue weighted by Crippen LogP contribution is 2.35. The molecule has 0 aliphatic carbocycles. The molecule has 0 radical (unpaired) electrons. The maximum atomic E-state index is 13.7. The van der Waals surface area contributed by atoms with Gasteiger partial charge in [0.25, 0.3) is 28.9 Å². The van der Waals surface area contributed by atoms with Crippen LogP contribution < -0.4 is 4.90 Å². The third-order valence-electron chi connectivity index (χ3n) is 4.86. The molecule has 0 saturated carbocycles. The highest BCUT2D eigenvalue weighted by atomic mass is 35.5. The predicted octanol–water partition coefficient (Wildman–Crippen LogP) is 4.90. The van der Waals surface area contributed by atoms with E-state index in [1.54, 1.807) is 0 Å². The van der Waals surface area contributed by atoms with Crippen molar-refractivity contribution in [3.05, 3.63) is 112 Å². The number of nitrogens with zero attached hydrogens (tertiary/aromatic N) is 4. The van der Waals surface area contributed by atoms with E-state index in [9.17, 15) is 49.8 Å². The normalized spacial score (nSPS) is 10.4. The van der Waals surface area contributed by atoms with E-state index in [4.69, 9.17) is 23.2 Å². The second-order valence-corrected chi connectivity index (χ2v) is 7.86. The van der Waals surface area contributed by atoms with Gasteiger partial charge < -0.3 is 5.11 Å². The summed E-state index contributed by atoms with van der Waals surface area (Å²) in [6.07, 6.45) is 0. The molecule has 16 heteroatoms. The van der Waals surface area contributed by atoms with E-state index in [0.29, 0.717) is 12.1 Å². The van der Waals surface area contributed by atoms with Crippen LogP contribution in [0.4, 0.5) is 22.7 Å². The molecule has 3 aromatic rings. The number of amides is 2. The minimum absolute atomic E-state index is 0.0480. The Morgan fingerprint density at radius 3 is 1.95 bits per heavy atom. The third kappa shape index (κ3) is 5.19. The van der Waals surface area contributed by atoms with Crippen molar-refractivity contribution in [3.63, 3.8) is 0 Å². The fourth-order valence-electron chi connectivity index (χ4n) is 3.27. The number of nitro groups is 3. The third-order valence-corrected chi connectivity index (χ3v) is 5.40. The number of carboxylic acid groups (broad SMARTS) is 1. The molecule has 0 aromatic heterocycles. The Morgan fingerprint density at radius 2 is 1.41 bits per heavy atom. The van der Waals surface area contributed by atoms with Gasteiger partial charge in [0.2, 0.25) is 0 Å². The Bertz CT molecular complexity index is 1490. The molecule has 0 bridgehead atoms. The molecular weight excluding hydrogens is 539 g/mol. The number of anilines is 1. The van der Waals surface area contributed by atoms with Crippen molar-refractivity contribution in [2.24, 2.45) is 0 Å². The summed E-state index contributed by atoms with van der Waals surface area (Å²) in [6, 6.07) is 7.97. The minimum Gasteiger partial charge on any atom is -0.478 e. The van der Waals surface area contributed by atoms with Gasteiger partial charge in [-0.05, 0) is 30.3 Å². The Kier molecular flexibility index (Phi) is 7.45. The summed E-state index contributed by atoms with van der Waals surface area (Å²) in [4.78, 5) is 70.4. The van der Waals surface area contributed by atoms with Crippen LogP contribution in [0.25, 0.3) is 0 Å². The van der Waals surface area contributed by atoms with Gasteiger partial charge in [0, 0.05) is 17.2 Å². The van der Waals surface area contributed by atoms with Crippen molar-refractivity contribution in [3.8, 4) is 0 Å². The smallest absolute Gasteiger partial charge is 0.336 e. The number of benzene rings is 3. The van der Waals surface area contributed by atoms with Gasteiger partial charge in [-0.2, -0.15) is 0 Å². The first-order chi connectivity index (χ1) is 17.3. The van der Waals surface area contributed by atoms with Crippen LogP contribution in [0.2, 0.25) is 10.0 Å². The Labute approximate surface area is 214 Å². The molecule has 0 unspecified atom stereocenters. The first kappa shape index (κ1) is 26.7. The lowest BCUT2D eigenvalue weighted by molar-refractivity contribution is -0.394. The Balaban J connectivity index is 2.36. The molecule has 37 heavy (non-hydrogen) atoms. The summed E-state index contributed by atoms with van der Waals surface area (Å²) in [5, 5.41) is 43.5. The summed E-state index contributed by atoms with van der Waals surface area (Å²) >= 11 is 12.0. The lowest BCUT2D eigenvalue weighted by Gasteiger charge is -2.23. The van der Waals surface area contributed by atoms with Gasteiger partial charge in [0.15, 0.2) is 0 Å². The van der Waals surface area contributed by atoms with E-state index in [-0.39, 0.29) is 14.9 Å². The van der Waals surface area contributed by atoms with Gasteiger partial charge in [-0.3, -0.25) is 39.9 Å².